The Bertz CT molecular complexity index is 512. The number of sulfonamides is 1. The first-order chi connectivity index (χ1) is 9.37. The topological polar surface area (TPSA) is 97.5 Å². The van der Waals surface area contributed by atoms with Gasteiger partial charge in [0.05, 0.1) is 16.8 Å². The summed E-state index contributed by atoms with van der Waals surface area (Å²) in [6.45, 7) is 0.935. The molecule has 0 spiro atoms. The number of nitrogens with two attached hydrogens (primary N) is 1. The van der Waals surface area contributed by atoms with Gasteiger partial charge in [-0.15, -0.1) is 0 Å². The summed E-state index contributed by atoms with van der Waals surface area (Å²) in [5.41, 5.74) is 5.49. The number of rotatable bonds is 6. The van der Waals surface area contributed by atoms with Crippen molar-refractivity contribution in [1.82, 2.24) is 4.31 Å². The van der Waals surface area contributed by atoms with Gasteiger partial charge in [0.2, 0.25) is 10.0 Å². The van der Waals surface area contributed by atoms with Crippen molar-refractivity contribution in [2.24, 2.45) is 5.73 Å². The lowest BCUT2D eigenvalue weighted by Crippen LogP contribution is -2.50. The molecule has 0 aromatic rings. The third kappa shape index (κ3) is 3.52. The molecule has 118 valence electrons. The Balaban J connectivity index is 2.09. The average Bonchev–Trinajstić information content (AvgIpc) is 2.31. The summed E-state index contributed by atoms with van der Waals surface area (Å²) >= 11 is 0. The molecule has 0 radical (unpaired) electrons. The van der Waals surface area contributed by atoms with E-state index in [2.05, 4.69) is 0 Å². The number of hydrogen-bond donors (Lipinski definition) is 1. The summed E-state index contributed by atoms with van der Waals surface area (Å²) in [5, 5.41) is -0.538. The van der Waals surface area contributed by atoms with Crippen molar-refractivity contribution >= 4 is 19.9 Å². The summed E-state index contributed by atoms with van der Waals surface area (Å²) in [6, 6.07) is 0.102. The summed E-state index contributed by atoms with van der Waals surface area (Å²) in [5.74, 6) is -0.0153. The maximum absolute atomic E-state index is 12.7. The van der Waals surface area contributed by atoms with Crippen LogP contribution in [0.3, 0.4) is 0 Å². The highest BCUT2D eigenvalue weighted by Crippen LogP contribution is 2.31. The molecule has 1 aliphatic carbocycles. The van der Waals surface area contributed by atoms with E-state index in [0.717, 1.165) is 19.3 Å². The molecular formula is C12H24N2O4S2. The summed E-state index contributed by atoms with van der Waals surface area (Å²) in [4.78, 5) is 0. The van der Waals surface area contributed by atoms with E-state index in [1.807, 2.05) is 0 Å². The molecule has 0 aromatic heterocycles. The lowest BCUT2D eigenvalue weighted by molar-refractivity contribution is 0.216. The van der Waals surface area contributed by atoms with Crippen molar-refractivity contribution in [3.05, 3.63) is 0 Å². The highest BCUT2D eigenvalue weighted by Gasteiger charge is 2.40. The molecule has 6 nitrogen and oxygen atoms in total. The first-order valence-electron chi connectivity index (χ1n) is 7.28. The molecule has 0 atom stereocenters. The maximum Gasteiger partial charge on any atom is 0.217 e. The van der Waals surface area contributed by atoms with Gasteiger partial charge in [-0.25, -0.2) is 16.8 Å². The van der Waals surface area contributed by atoms with Crippen LogP contribution in [0.25, 0.3) is 0 Å². The highest BCUT2D eigenvalue weighted by atomic mass is 32.2. The number of nitrogens with zero attached hydrogens (tertiary/aromatic N) is 1. The van der Waals surface area contributed by atoms with Crippen LogP contribution in [0.4, 0.5) is 0 Å². The quantitative estimate of drug-likeness (QED) is 0.747. The van der Waals surface area contributed by atoms with Gasteiger partial charge in [-0.3, -0.25) is 0 Å². The predicted molar refractivity (Wildman–Crippen MR) is 78.6 cm³/mol. The Morgan fingerprint density at radius 1 is 1.10 bits per heavy atom. The second-order valence-electron chi connectivity index (χ2n) is 5.73. The lowest BCUT2D eigenvalue weighted by Gasteiger charge is -2.39. The molecule has 1 heterocycles. The molecule has 0 aromatic carbocycles. The van der Waals surface area contributed by atoms with Crippen LogP contribution in [0, 0.1) is 0 Å². The fraction of sp³-hybridized carbons (Fsp3) is 1.00. The zero-order chi connectivity index (χ0) is 14.8. The van der Waals surface area contributed by atoms with E-state index < -0.39 is 25.1 Å². The van der Waals surface area contributed by atoms with E-state index in [9.17, 15) is 16.8 Å². The maximum atomic E-state index is 12.7. The van der Waals surface area contributed by atoms with Crippen LogP contribution < -0.4 is 5.73 Å². The van der Waals surface area contributed by atoms with Gasteiger partial charge < -0.3 is 5.73 Å². The molecule has 2 rings (SSSR count). The van der Waals surface area contributed by atoms with Crippen LogP contribution in [0.1, 0.15) is 38.5 Å². The molecule has 2 fully saturated rings. The van der Waals surface area contributed by atoms with Crippen molar-refractivity contribution in [2.75, 3.05) is 24.6 Å². The number of sulfone groups is 1. The van der Waals surface area contributed by atoms with Gasteiger partial charge in [-0.05, 0) is 38.6 Å². The summed E-state index contributed by atoms with van der Waals surface area (Å²) in [6.07, 6.45) is 4.01. The fourth-order valence-electron chi connectivity index (χ4n) is 2.80. The molecule has 1 saturated carbocycles. The molecule has 1 aliphatic heterocycles. The monoisotopic (exact) mass is 324 g/mol. The van der Waals surface area contributed by atoms with Crippen LogP contribution >= 0.6 is 0 Å². The van der Waals surface area contributed by atoms with Crippen molar-refractivity contribution in [3.8, 4) is 0 Å². The first kappa shape index (κ1) is 16.2. The molecule has 8 heteroatoms. The van der Waals surface area contributed by atoms with E-state index in [1.54, 1.807) is 4.31 Å². The lowest BCUT2D eigenvalue weighted by atomic mass is 9.93. The Hall–Kier alpha value is -0.180. The Morgan fingerprint density at radius 2 is 1.70 bits per heavy atom. The normalized spacial score (nSPS) is 24.7. The van der Waals surface area contributed by atoms with E-state index in [0.29, 0.717) is 19.5 Å². The van der Waals surface area contributed by atoms with Crippen LogP contribution in [0.5, 0.6) is 0 Å². The second-order valence-corrected chi connectivity index (χ2v) is 10.2. The van der Waals surface area contributed by atoms with Crippen LogP contribution in [0.15, 0.2) is 0 Å². The van der Waals surface area contributed by atoms with Gasteiger partial charge >= 0.3 is 0 Å². The van der Waals surface area contributed by atoms with Crippen molar-refractivity contribution < 1.29 is 16.8 Å². The third-order valence-electron chi connectivity index (χ3n) is 4.31. The molecule has 0 amide bonds. The molecule has 0 bridgehead atoms. The van der Waals surface area contributed by atoms with E-state index in [1.165, 1.54) is 0 Å². The summed E-state index contributed by atoms with van der Waals surface area (Å²) < 4.78 is 49.9. The van der Waals surface area contributed by atoms with Gasteiger partial charge in [0.25, 0.3) is 0 Å². The van der Waals surface area contributed by atoms with Crippen molar-refractivity contribution in [3.63, 3.8) is 0 Å². The minimum absolute atomic E-state index is 0.00765. The average molecular weight is 324 g/mol. The molecule has 2 aliphatic rings. The predicted octanol–water partition coefficient (Wildman–Crippen LogP) is 0.0967. The van der Waals surface area contributed by atoms with Gasteiger partial charge in [-0.1, -0.05) is 6.42 Å². The van der Waals surface area contributed by atoms with E-state index >= 15 is 0 Å². The smallest absolute Gasteiger partial charge is 0.217 e. The van der Waals surface area contributed by atoms with Gasteiger partial charge in [-0.2, -0.15) is 4.31 Å². The molecule has 20 heavy (non-hydrogen) atoms. The van der Waals surface area contributed by atoms with Crippen molar-refractivity contribution in [1.29, 1.82) is 0 Å². The van der Waals surface area contributed by atoms with Crippen molar-refractivity contribution in [2.45, 2.75) is 49.8 Å². The molecular weight excluding hydrogens is 300 g/mol. The standard InChI is InChI=1S/C12H24N2O4S2/c13-7-2-8-14(11-3-1-4-11)20(17,18)12-5-9-19(15,16)10-6-12/h11-12H,1-10,13H2. The van der Waals surface area contributed by atoms with Gasteiger partial charge in [0.15, 0.2) is 0 Å². The minimum Gasteiger partial charge on any atom is -0.330 e. The largest absolute Gasteiger partial charge is 0.330 e. The Labute approximate surface area is 121 Å². The minimum atomic E-state index is -3.39. The number of hydrogen-bond acceptors (Lipinski definition) is 5. The van der Waals surface area contributed by atoms with E-state index in [-0.39, 0.29) is 30.4 Å². The second kappa shape index (κ2) is 6.29. The first-order valence-corrected chi connectivity index (χ1v) is 10.6. The Kier molecular flexibility index (Phi) is 5.09. The fourth-order valence-corrected chi connectivity index (χ4v) is 6.81. The van der Waals surface area contributed by atoms with E-state index in [4.69, 9.17) is 5.73 Å². The van der Waals surface area contributed by atoms with Gasteiger partial charge in [0, 0.05) is 12.6 Å². The molecule has 2 N–H and O–H groups in total. The molecule has 0 unspecified atom stereocenters. The van der Waals surface area contributed by atoms with Gasteiger partial charge in [0.1, 0.15) is 9.84 Å². The summed E-state index contributed by atoms with van der Waals surface area (Å²) in [7, 11) is -6.43. The third-order valence-corrected chi connectivity index (χ3v) is 8.48. The Morgan fingerprint density at radius 3 is 2.15 bits per heavy atom. The molecule has 1 saturated heterocycles. The highest BCUT2D eigenvalue weighted by molar-refractivity contribution is 7.92. The zero-order valence-electron chi connectivity index (χ0n) is 11.7. The van der Waals surface area contributed by atoms with Crippen LogP contribution in [-0.4, -0.2) is 57.0 Å². The SMILES string of the molecule is NCCCN(C1CCC1)S(=O)(=O)C1CCS(=O)(=O)CC1. The van der Waals surface area contributed by atoms with Crippen LogP contribution in [0.2, 0.25) is 0 Å². The van der Waals surface area contributed by atoms with Crippen LogP contribution in [-0.2, 0) is 19.9 Å². The zero-order valence-corrected chi connectivity index (χ0v) is 13.3.